The van der Waals surface area contributed by atoms with Crippen LogP contribution in [0, 0.1) is 0 Å². The van der Waals surface area contributed by atoms with Crippen LogP contribution >= 0.6 is 11.3 Å². The second-order valence-electron chi connectivity index (χ2n) is 5.58. The van der Waals surface area contributed by atoms with Crippen LogP contribution in [-0.4, -0.2) is 27.6 Å². The largest absolute Gasteiger partial charge is 0.348 e. The number of nitrogens with one attached hydrogen (secondary N) is 1. The molecule has 114 valence electrons. The van der Waals surface area contributed by atoms with Crippen LogP contribution in [-0.2, 0) is 6.54 Å². The molecule has 0 spiro atoms. The van der Waals surface area contributed by atoms with E-state index in [9.17, 15) is 4.79 Å². The van der Waals surface area contributed by atoms with Crippen molar-refractivity contribution in [2.24, 2.45) is 0 Å². The highest BCUT2D eigenvalue weighted by atomic mass is 32.1. The van der Waals surface area contributed by atoms with Gasteiger partial charge in [0.15, 0.2) is 5.13 Å². The van der Waals surface area contributed by atoms with E-state index in [1.54, 1.807) is 15.9 Å². The fourth-order valence-electron chi connectivity index (χ4n) is 3.15. The molecule has 6 heteroatoms. The van der Waals surface area contributed by atoms with Crippen LogP contribution in [0.3, 0.4) is 0 Å². The highest BCUT2D eigenvalue weighted by Gasteiger charge is 2.18. The third kappa shape index (κ3) is 2.06. The maximum atomic E-state index is 12.0. The predicted octanol–water partition coefficient (Wildman–Crippen LogP) is 3.07. The van der Waals surface area contributed by atoms with Crippen LogP contribution in [0.5, 0.6) is 0 Å². The summed E-state index contributed by atoms with van der Waals surface area (Å²) >= 11 is 1.68. The first-order chi connectivity index (χ1) is 10.8. The van der Waals surface area contributed by atoms with Crippen LogP contribution < -0.4 is 10.6 Å². The Morgan fingerprint density at radius 1 is 1.32 bits per heavy atom. The molecule has 2 aromatic heterocycles. The molecule has 1 aliphatic heterocycles. The average Bonchev–Trinajstić information content (AvgIpc) is 3.25. The van der Waals surface area contributed by atoms with Crippen molar-refractivity contribution >= 4 is 27.5 Å². The predicted molar refractivity (Wildman–Crippen MR) is 90.8 cm³/mol. The molecule has 0 bridgehead atoms. The van der Waals surface area contributed by atoms with E-state index in [0.29, 0.717) is 6.54 Å². The maximum absolute atomic E-state index is 12.0. The summed E-state index contributed by atoms with van der Waals surface area (Å²) in [6, 6.07) is 6.00. The van der Waals surface area contributed by atoms with Gasteiger partial charge in [0.25, 0.3) is 0 Å². The number of hydrogen-bond donors (Lipinski definition) is 1. The number of thiazole rings is 1. The lowest BCUT2D eigenvalue weighted by molar-refractivity contribution is 0.753. The summed E-state index contributed by atoms with van der Waals surface area (Å²) in [5.41, 5.74) is 3.72. The van der Waals surface area contributed by atoms with Crippen molar-refractivity contribution in [3.05, 3.63) is 34.1 Å². The second-order valence-corrected chi connectivity index (χ2v) is 6.42. The second kappa shape index (κ2) is 5.28. The summed E-state index contributed by atoms with van der Waals surface area (Å²) in [5, 5.41) is 3.17. The minimum atomic E-state index is -0.0556. The average molecular weight is 314 g/mol. The number of anilines is 1. The molecule has 3 aromatic rings. The number of hydrogen-bond acceptors (Lipinski definition) is 4. The minimum absolute atomic E-state index is 0.0556. The quantitative estimate of drug-likeness (QED) is 0.808. The summed E-state index contributed by atoms with van der Waals surface area (Å²) in [6.07, 6.45) is 2.49. The Morgan fingerprint density at radius 2 is 2.14 bits per heavy atom. The molecule has 0 saturated carbocycles. The highest BCUT2D eigenvalue weighted by Crippen LogP contribution is 2.32. The number of para-hydroxylation sites is 1. The van der Waals surface area contributed by atoms with Crippen LogP contribution in [0.15, 0.2) is 28.4 Å². The molecule has 0 radical (unpaired) electrons. The van der Waals surface area contributed by atoms with Crippen molar-refractivity contribution in [3.63, 3.8) is 0 Å². The molecule has 1 N–H and O–H groups in total. The number of rotatable bonds is 3. The Labute approximate surface area is 132 Å². The summed E-state index contributed by atoms with van der Waals surface area (Å²) < 4.78 is 1.76. The molecule has 1 aromatic carbocycles. The Bertz CT molecular complexity index is 870. The third-order valence-electron chi connectivity index (χ3n) is 4.27. The van der Waals surface area contributed by atoms with Gasteiger partial charge >= 0.3 is 5.69 Å². The summed E-state index contributed by atoms with van der Waals surface area (Å²) in [5.74, 6) is 0. The van der Waals surface area contributed by atoms with E-state index < -0.39 is 0 Å². The van der Waals surface area contributed by atoms with Gasteiger partial charge in [-0.25, -0.2) is 9.78 Å². The van der Waals surface area contributed by atoms with E-state index in [1.807, 2.05) is 25.1 Å². The number of aromatic amines is 1. The van der Waals surface area contributed by atoms with Gasteiger partial charge in [-0.3, -0.25) is 4.57 Å². The third-order valence-corrected chi connectivity index (χ3v) is 5.17. The van der Waals surface area contributed by atoms with E-state index in [-0.39, 0.29) is 5.69 Å². The van der Waals surface area contributed by atoms with Crippen LogP contribution in [0.2, 0.25) is 0 Å². The lowest BCUT2D eigenvalue weighted by Crippen LogP contribution is -2.17. The number of aromatic nitrogens is 3. The molecule has 1 aliphatic rings. The first-order valence-corrected chi connectivity index (χ1v) is 8.58. The number of H-pyrrole nitrogens is 1. The zero-order chi connectivity index (χ0) is 15.1. The van der Waals surface area contributed by atoms with E-state index in [4.69, 9.17) is 4.98 Å². The standard InChI is InChI=1S/C16H18N4OS/c1-2-20-13-7-5-6-11(14(13)18-15(20)21)12-10-22-16(17-12)19-8-3-4-9-19/h5-7,10H,2-4,8-9H2,1H3,(H,18,21). The number of nitrogens with zero attached hydrogens (tertiary/aromatic N) is 3. The Hall–Kier alpha value is -2.08. The molecule has 1 fully saturated rings. The lowest BCUT2D eigenvalue weighted by atomic mass is 10.1. The summed E-state index contributed by atoms with van der Waals surface area (Å²) in [7, 11) is 0. The Morgan fingerprint density at radius 3 is 2.91 bits per heavy atom. The first-order valence-electron chi connectivity index (χ1n) is 7.70. The zero-order valence-corrected chi connectivity index (χ0v) is 13.3. The summed E-state index contributed by atoms with van der Waals surface area (Å²) in [6.45, 7) is 4.84. The molecular weight excluding hydrogens is 296 g/mol. The molecule has 0 amide bonds. The van der Waals surface area contributed by atoms with Crippen molar-refractivity contribution in [1.29, 1.82) is 0 Å². The number of fused-ring (bicyclic) bond motifs is 1. The molecule has 3 heterocycles. The van der Waals surface area contributed by atoms with Crippen molar-refractivity contribution in [2.75, 3.05) is 18.0 Å². The van der Waals surface area contributed by atoms with Crippen molar-refractivity contribution < 1.29 is 0 Å². The van der Waals surface area contributed by atoms with Crippen LogP contribution in [0.4, 0.5) is 5.13 Å². The van der Waals surface area contributed by atoms with Gasteiger partial charge in [0.05, 0.1) is 16.7 Å². The molecule has 0 aliphatic carbocycles. The number of benzene rings is 1. The van der Waals surface area contributed by atoms with Gasteiger partial charge in [0, 0.05) is 30.6 Å². The van der Waals surface area contributed by atoms with Gasteiger partial charge in [0.1, 0.15) is 0 Å². The van der Waals surface area contributed by atoms with Crippen LogP contribution in [0.1, 0.15) is 19.8 Å². The fourth-order valence-corrected chi connectivity index (χ4v) is 4.03. The highest BCUT2D eigenvalue weighted by molar-refractivity contribution is 7.14. The molecule has 5 nitrogen and oxygen atoms in total. The van der Waals surface area contributed by atoms with E-state index in [2.05, 4.69) is 15.3 Å². The van der Waals surface area contributed by atoms with Crippen LogP contribution in [0.25, 0.3) is 22.3 Å². The SMILES string of the molecule is CCn1c(=O)[nH]c2c(-c3csc(N4CCCC4)n3)cccc21. The van der Waals surface area contributed by atoms with Gasteiger partial charge in [-0.1, -0.05) is 12.1 Å². The van der Waals surface area contributed by atoms with Crippen molar-refractivity contribution in [3.8, 4) is 11.3 Å². The Kier molecular flexibility index (Phi) is 3.26. The normalized spacial score (nSPS) is 15.0. The van der Waals surface area contributed by atoms with E-state index >= 15 is 0 Å². The van der Waals surface area contributed by atoms with Gasteiger partial charge in [-0.15, -0.1) is 11.3 Å². The monoisotopic (exact) mass is 314 g/mol. The van der Waals surface area contributed by atoms with E-state index in [1.165, 1.54) is 12.8 Å². The van der Waals surface area contributed by atoms with E-state index in [0.717, 1.165) is 40.5 Å². The topological polar surface area (TPSA) is 53.9 Å². The maximum Gasteiger partial charge on any atom is 0.326 e. The van der Waals surface area contributed by atoms with Gasteiger partial charge in [-0.05, 0) is 25.8 Å². The fraction of sp³-hybridized carbons (Fsp3) is 0.375. The van der Waals surface area contributed by atoms with Crippen molar-refractivity contribution in [2.45, 2.75) is 26.3 Å². The number of imidazole rings is 1. The molecular formula is C16H18N4OS. The minimum Gasteiger partial charge on any atom is -0.348 e. The molecule has 0 unspecified atom stereocenters. The van der Waals surface area contributed by atoms with Crippen molar-refractivity contribution in [1.82, 2.24) is 14.5 Å². The molecule has 1 saturated heterocycles. The molecule has 4 rings (SSSR count). The summed E-state index contributed by atoms with van der Waals surface area (Å²) in [4.78, 5) is 22.2. The number of aryl methyl sites for hydroxylation is 1. The Balaban J connectivity index is 1.82. The lowest BCUT2D eigenvalue weighted by Gasteiger charge is -2.12. The smallest absolute Gasteiger partial charge is 0.326 e. The van der Waals surface area contributed by atoms with Gasteiger partial charge in [-0.2, -0.15) is 0 Å². The van der Waals surface area contributed by atoms with Gasteiger partial charge in [0.2, 0.25) is 0 Å². The van der Waals surface area contributed by atoms with Gasteiger partial charge < -0.3 is 9.88 Å². The molecule has 22 heavy (non-hydrogen) atoms. The zero-order valence-electron chi connectivity index (χ0n) is 12.5. The first kappa shape index (κ1) is 13.6. The molecule has 0 atom stereocenters.